The number of ketones is 1. The molecule has 0 amide bonds. The first-order valence-electron chi connectivity index (χ1n) is 3.87. The average Bonchev–Trinajstić information content (AvgIpc) is 2.34. The van der Waals surface area contributed by atoms with Gasteiger partial charge in [-0.3, -0.25) is 4.79 Å². The minimum absolute atomic E-state index is 0.333. The summed E-state index contributed by atoms with van der Waals surface area (Å²) in [6.07, 6.45) is 1.84. The molecule has 2 rings (SSSR count). The summed E-state index contributed by atoms with van der Waals surface area (Å²) in [5.41, 5.74) is 0.980. The molecule has 0 aliphatic heterocycles. The van der Waals surface area contributed by atoms with Crippen molar-refractivity contribution in [2.24, 2.45) is 5.92 Å². The molecule has 1 nitrogen and oxygen atoms in total. The Bertz CT molecular complexity index is 288. The first-order chi connectivity index (χ1) is 5.27. The zero-order valence-electron chi connectivity index (χ0n) is 6.46. The van der Waals surface area contributed by atoms with Gasteiger partial charge >= 0.3 is 0 Å². The molecule has 0 bridgehead atoms. The molecule has 0 aromatic carbocycles. The first-order valence-corrected chi connectivity index (χ1v) is 4.75. The molecule has 1 aliphatic rings. The van der Waals surface area contributed by atoms with Crippen molar-refractivity contribution in [1.82, 2.24) is 0 Å². The molecule has 0 radical (unpaired) electrons. The predicted molar refractivity (Wildman–Crippen MR) is 46.1 cm³/mol. The second-order valence-electron chi connectivity index (χ2n) is 3.19. The molecule has 1 aliphatic carbocycles. The molecule has 1 unspecified atom stereocenters. The van der Waals surface area contributed by atoms with Crippen LogP contribution in [0.4, 0.5) is 0 Å². The van der Waals surface area contributed by atoms with Crippen LogP contribution in [0.2, 0.25) is 0 Å². The maximum Gasteiger partial charge on any atom is 0.164 e. The summed E-state index contributed by atoms with van der Waals surface area (Å²) < 4.78 is 0. The third-order valence-electron chi connectivity index (χ3n) is 2.11. The van der Waals surface area contributed by atoms with Crippen molar-refractivity contribution >= 4 is 17.1 Å². The van der Waals surface area contributed by atoms with Gasteiger partial charge in [0, 0.05) is 16.9 Å². The van der Waals surface area contributed by atoms with Crippen LogP contribution in [0.1, 0.15) is 28.6 Å². The number of fused-ring (bicyclic) bond motifs is 1. The number of carbonyl (C=O) groups is 1. The maximum absolute atomic E-state index is 11.4. The highest BCUT2D eigenvalue weighted by Crippen LogP contribution is 2.28. The normalized spacial score (nSPS) is 23.4. The van der Waals surface area contributed by atoms with E-state index in [9.17, 15) is 4.79 Å². The van der Waals surface area contributed by atoms with Gasteiger partial charge in [-0.05, 0) is 23.8 Å². The summed E-state index contributed by atoms with van der Waals surface area (Å²) >= 11 is 1.71. The Kier molecular flexibility index (Phi) is 1.57. The standard InChI is InChI=1S/C9H10OS/c1-6-4-8(10)7-2-3-11-9(7)5-6/h2-3,6H,4-5H2,1H3. The van der Waals surface area contributed by atoms with Crippen molar-refractivity contribution in [3.63, 3.8) is 0 Å². The van der Waals surface area contributed by atoms with E-state index >= 15 is 0 Å². The first kappa shape index (κ1) is 7.04. The van der Waals surface area contributed by atoms with Crippen molar-refractivity contribution in [3.8, 4) is 0 Å². The molecule has 1 aromatic rings. The van der Waals surface area contributed by atoms with E-state index in [0.29, 0.717) is 11.7 Å². The number of carbonyl (C=O) groups excluding carboxylic acids is 1. The van der Waals surface area contributed by atoms with Gasteiger partial charge in [0.25, 0.3) is 0 Å². The summed E-state index contributed by atoms with van der Waals surface area (Å²) in [6.45, 7) is 2.14. The molecule has 1 aromatic heterocycles. The van der Waals surface area contributed by atoms with Crippen LogP contribution in [0.15, 0.2) is 11.4 Å². The van der Waals surface area contributed by atoms with E-state index in [1.807, 2.05) is 11.4 Å². The van der Waals surface area contributed by atoms with E-state index in [2.05, 4.69) is 6.92 Å². The van der Waals surface area contributed by atoms with E-state index in [-0.39, 0.29) is 0 Å². The number of rotatable bonds is 0. The van der Waals surface area contributed by atoms with Crippen molar-refractivity contribution in [3.05, 3.63) is 21.9 Å². The van der Waals surface area contributed by atoms with Crippen LogP contribution in [-0.2, 0) is 6.42 Å². The molecular weight excluding hydrogens is 156 g/mol. The lowest BCUT2D eigenvalue weighted by Gasteiger charge is -2.15. The van der Waals surface area contributed by atoms with Gasteiger partial charge in [-0.1, -0.05) is 6.92 Å². The lowest BCUT2D eigenvalue weighted by molar-refractivity contribution is 0.0954. The number of Topliss-reactive ketones (excluding diaryl/α,β-unsaturated/α-hetero) is 1. The third kappa shape index (κ3) is 1.11. The molecule has 58 valence electrons. The van der Waals surface area contributed by atoms with E-state index in [1.54, 1.807) is 11.3 Å². The molecule has 1 atom stereocenters. The summed E-state index contributed by atoms with van der Waals surface area (Å²) in [5, 5.41) is 2.01. The molecule has 0 saturated heterocycles. The highest BCUT2D eigenvalue weighted by molar-refractivity contribution is 7.10. The molecule has 0 N–H and O–H groups in total. The van der Waals surface area contributed by atoms with Gasteiger partial charge in [-0.15, -0.1) is 11.3 Å². The van der Waals surface area contributed by atoms with Gasteiger partial charge in [0.15, 0.2) is 5.78 Å². The zero-order valence-corrected chi connectivity index (χ0v) is 7.28. The van der Waals surface area contributed by atoms with Crippen molar-refractivity contribution in [2.45, 2.75) is 19.8 Å². The number of hydrogen-bond donors (Lipinski definition) is 0. The summed E-state index contributed by atoms with van der Waals surface area (Å²) in [6, 6.07) is 1.95. The molecular formula is C9H10OS. The number of hydrogen-bond acceptors (Lipinski definition) is 2. The Morgan fingerprint density at radius 1 is 1.55 bits per heavy atom. The van der Waals surface area contributed by atoms with Crippen molar-refractivity contribution in [1.29, 1.82) is 0 Å². The topological polar surface area (TPSA) is 17.1 Å². The molecule has 1 heterocycles. The average molecular weight is 166 g/mol. The second-order valence-corrected chi connectivity index (χ2v) is 4.19. The lowest BCUT2D eigenvalue weighted by atomic mass is 9.90. The minimum Gasteiger partial charge on any atom is -0.294 e. The largest absolute Gasteiger partial charge is 0.294 e. The monoisotopic (exact) mass is 166 g/mol. The predicted octanol–water partition coefficient (Wildman–Crippen LogP) is 2.51. The SMILES string of the molecule is CC1CC(=O)c2ccsc2C1. The van der Waals surface area contributed by atoms with Gasteiger partial charge in [0.1, 0.15) is 0 Å². The van der Waals surface area contributed by atoms with Gasteiger partial charge < -0.3 is 0 Å². The molecule has 0 saturated carbocycles. The fourth-order valence-electron chi connectivity index (χ4n) is 1.56. The lowest BCUT2D eigenvalue weighted by Crippen LogP contribution is -2.15. The van der Waals surface area contributed by atoms with Crippen LogP contribution < -0.4 is 0 Å². The molecule has 11 heavy (non-hydrogen) atoms. The third-order valence-corrected chi connectivity index (χ3v) is 3.06. The molecule has 2 heteroatoms. The summed E-state index contributed by atoms with van der Waals surface area (Å²) in [4.78, 5) is 12.6. The van der Waals surface area contributed by atoms with Crippen LogP contribution in [-0.4, -0.2) is 5.78 Å². The highest BCUT2D eigenvalue weighted by atomic mass is 32.1. The van der Waals surface area contributed by atoms with Crippen molar-refractivity contribution < 1.29 is 4.79 Å². The van der Waals surface area contributed by atoms with Crippen LogP contribution in [0.3, 0.4) is 0 Å². The fourth-order valence-corrected chi connectivity index (χ4v) is 2.62. The fraction of sp³-hybridized carbons (Fsp3) is 0.444. The molecule has 0 fully saturated rings. The molecule has 0 spiro atoms. The van der Waals surface area contributed by atoms with Crippen LogP contribution in [0.5, 0.6) is 0 Å². The second kappa shape index (κ2) is 2.45. The summed E-state index contributed by atoms with van der Waals surface area (Å²) in [7, 11) is 0. The minimum atomic E-state index is 0.333. The van der Waals surface area contributed by atoms with Gasteiger partial charge in [-0.2, -0.15) is 0 Å². The number of thiophene rings is 1. The quantitative estimate of drug-likeness (QED) is 0.578. The Morgan fingerprint density at radius 3 is 3.18 bits per heavy atom. The Labute approximate surface area is 70.1 Å². The van der Waals surface area contributed by atoms with Crippen LogP contribution >= 0.6 is 11.3 Å². The van der Waals surface area contributed by atoms with Gasteiger partial charge in [0.05, 0.1) is 0 Å². The van der Waals surface area contributed by atoms with Crippen LogP contribution in [0, 0.1) is 5.92 Å². The van der Waals surface area contributed by atoms with E-state index in [1.165, 1.54) is 4.88 Å². The Balaban J connectivity index is 2.44. The Morgan fingerprint density at radius 2 is 2.36 bits per heavy atom. The summed E-state index contributed by atoms with van der Waals surface area (Å²) in [5.74, 6) is 0.883. The van der Waals surface area contributed by atoms with E-state index in [4.69, 9.17) is 0 Å². The van der Waals surface area contributed by atoms with E-state index < -0.39 is 0 Å². The zero-order chi connectivity index (χ0) is 7.84. The Hall–Kier alpha value is -0.630. The van der Waals surface area contributed by atoms with Crippen molar-refractivity contribution in [2.75, 3.05) is 0 Å². The van der Waals surface area contributed by atoms with E-state index in [0.717, 1.165) is 18.4 Å². The maximum atomic E-state index is 11.4. The van der Waals surface area contributed by atoms with Gasteiger partial charge in [-0.25, -0.2) is 0 Å². The van der Waals surface area contributed by atoms with Crippen LogP contribution in [0.25, 0.3) is 0 Å². The highest BCUT2D eigenvalue weighted by Gasteiger charge is 2.22. The smallest absolute Gasteiger partial charge is 0.164 e. The van der Waals surface area contributed by atoms with Gasteiger partial charge in [0.2, 0.25) is 0 Å².